The van der Waals surface area contributed by atoms with Crippen molar-refractivity contribution in [1.29, 1.82) is 0 Å². The molecule has 1 heterocycles. The molecule has 170 valence electrons. The third kappa shape index (κ3) is 5.56. The molecule has 3 aromatic rings. The van der Waals surface area contributed by atoms with Crippen LogP contribution in [0, 0.1) is 13.8 Å². The molecule has 0 bridgehead atoms. The highest BCUT2D eigenvalue weighted by Crippen LogP contribution is 2.21. The normalized spacial score (nSPS) is 11.7. The van der Waals surface area contributed by atoms with Gasteiger partial charge in [0.2, 0.25) is 10.0 Å². The van der Waals surface area contributed by atoms with Crippen molar-refractivity contribution in [3.05, 3.63) is 81.6 Å². The van der Waals surface area contributed by atoms with Gasteiger partial charge in [-0.2, -0.15) is 5.10 Å². The number of carbonyl (C=O) groups excluding carboxylic acids is 1. The maximum atomic E-state index is 12.8. The average molecular weight is 475 g/mol. The van der Waals surface area contributed by atoms with E-state index in [-0.39, 0.29) is 28.1 Å². The van der Waals surface area contributed by atoms with Gasteiger partial charge in [0, 0.05) is 23.8 Å². The fourth-order valence-corrected chi connectivity index (χ4v) is 4.87. The molecule has 0 fully saturated rings. The predicted molar refractivity (Wildman–Crippen MR) is 125 cm³/mol. The van der Waals surface area contributed by atoms with Crippen molar-refractivity contribution in [2.24, 2.45) is 0 Å². The molecule has 2 N–H and O–H groups in total. The van der Waals surface area contributed by atoms with Gasteiger partial charge in [-0.1, -0.05) is 41.9 Å². The van der Waals surface area contributed by atoms with E-state index in [1.807, 2.05) is 48.9 Å². The highest BCUT2D eigenvalue weighted by atomic mass is 35.5. The number of sulfonamides is 1. The molecule has 0 radical (unpaired) electrons. The number of benzene rings is 2. The molecule has 0 atom stereocenters. The standard InChI is InChI=1S/C23H27ClN4O3S/c1-15(2)27-32(30,31)19-10-11-22(24)20(12-19)23(29)25-13-21-16(3)26-28(17(21)4)14-18-8-6-5-7-9-18/h5-12,15,27H,13-14H2,1-4H3,(H,25,29). The number of aryl methyl sites for hydroxylation is 1. The van der Waals surface area contributed by atoms with Crippen molar-refractivity contribution in [1.82, 2.24) is 19.8 Å². The zero-order valence-corrected chi connectivity index (χ0v) is 20.1. The van der Waals surface area contributed by atoms with Gasteiger partial charge in [-0.3, -0.25) is 9.48 Å². The van der Waals surface area contributed by atoms with Crippen LogP contribution in [0.15, 0.2) is 53.4 Å². The van der Waals surface area contributed by atoms with E-state index in [1.165, 1.54) is 18.2 Å². The summed E-state index contributed by atoms with van der Waals surface area (Å²) in [6, 6.07) is 13.8. The maximum absolute atomic E-state index is 12.8. The Labute approximate surface area is 193 Å². The Morgan fingerprint density at radius 2 is 1.81 bits per heavy atom. The number of hydrogen-bond acceptors (Lipinski definition) is 4. The summed E-state index contributed by atoms with van der Waals surface area (Å²) in [5, 5.41) is 7.62. The minimum absolute atomic E-state index is 0.0104. The molecule has 0 aliphatic rings. The lowest BCUT2D eigenvalue weighted by molar-refractivity contribution is 0.0950. The van der Waals surface area contributed by atoms with Gasteiger partial charge < -0.3 is 5.32 Å². The van der Waals surface area contributed by atoms with Crippen LogP contribution in [-0.2, 0) is 23.1 Å². The number of carbonyl (C=O) groups is 1. The molecule has 0 unspecified atom stereocenters. The highest BCUT2D eigenvalue weighted by Gasteiger charge is 2.20. The molecule has 0 saturated heterocycles. The van der Waals surface area contributed by atoms with Crippen molar-refractivity contribution >= 4 is 27.5 Å². The highest BCUT2D eigenvalue weighted by molar-refractivity contribution is 7.89. The minimum Gasteiger partial charge on any atom is -0.348 e. The van der Waals surface area contributed by atoms with Crippen molar-refractivity contribution in [2.45, 2.75) is 51.7 Å². The number of hydrogen-bond donors (Lipinski definition) is 2. The number of halogens is 1. The zero-order chi connectivity index (χ0) is 23.5. The molecular formula is C23H27ClN4O3S. The summed E-state index contributed by atoms with van der Waals surface area (Å²) in [6.07, 6.45) is 0. The number of aromatic nitrogens is 2. The topological polar surface area (TPSA) is 93.1 Å². The summed E-state index contributed by atoms with van der Waals surface area (Å²) in [5.74, 6) is -0.453. The fourth-order valence-electron chi connectivity index (χ4n) is 3.39. The third-order valence-electron chi connectivity index (χ3n) is 5.02. The van der Waals surface area contributed by atoms with Gasteiger partial charge in [0.05, 0.1) is 27.7 Å². The third-order valence-corrected chi connectivity index (χ3v) is 7.00. The van der Waals surface area contributed by atoms with Crippen LogP contribution in [-0.4, -0.2) is 30.1 Å². The van der Waals surface area contributed by atoms with Crippen LogP contribution in [0.25, 0.3) is 0 Å². The van der Waals surface area contributed by atoms with Gasteiger partial charge in [-0.05, 0) is 51.5 Å². The Bertz CT molecular complexity index is 1220. The van der Waals surface area contributed by atoms with E-state index >= 15 is 0 Å². The second-order valence-corrected chi connectivity index (χ2v) is 10.0. The van der Waals surface area contributed by atoms with Crippen LogP contribution in [0.1, 0.15) is 46.7 Å². The van der Waals surface area contributed by atoms with Gasteiger partial charge in [0.25, 0.3) is 5.91 Å². The number of amides is 1. The van der Waals surface area contributed by atoms with Crippen molar-refractivity contribution in [2.75, 3.05) is 0 Å². The Kier molecular flexibility index (Phi) is 7.38. The van der Waals surface area contributed by atoms with Crippen molar-refractivity contribution in [3.63, 3.8) is 0 Å². The Morgan fingerprint density at radius 3 is 2.47 bits per heavy atom. The Balaban J connectivity index is 1.77. The lowest BCUT2D eigenvalue weighted by Crippen LogP contribution is -2.30. The predicted octanol–water partition coefficient (Wildman–Crippen LogP) is 3.82. The summed E-state index contributed by atoms with van der Waals surface area (Å²) >= 11 is 6.19. The Morgan fingerprint density at radius 1 is 1.12 bits per heavy atom. The quantitative estimate of drug-likeness (QED) is 0.519. The summed E-state index contributed by atoms with van der Waals surface area (Å²) in [7, 11) is -3.74. The van der Waals surface area contributed by atoms with Gasteiger partial charge in [-0.15, -0.1) is 0 Å². The fraction of sp³-hybridized carbons (Fsp3) is 0.304. The summed E-state index contributed by atoms with van der Waals surface area (Å²) < 4.78 is 29.3. The molecule has 2 aromatic carbocycles. The summed E-state index contributed by atoms with van der Waals surface area (Å²) in [4.78, 5) is 12.8. The second-order valence-electron chi connectivity index (χ2n) is 7.89. The largest absolute Gasteiger partial charge is 0.348 e. The van der Waals surface area contributed by atoms with E-state index < -0.39 is 15.9 Å². The molecular weight excluding hydrogens is 448 g/mol. The molecule has 32 heavy (non-hydrogen) atoms. The van der Waals surface area contributed by atoms with Gasteiger partial charge in [-0.25, -0.2) is 13.1 Å². The molecule has 0 aliphatic carbocycles. The maximum Gasteiger partial charge on any atom is 0.253 e. The molecule has 1 amide bonds. The van der Waals surface area contributed by atoms with Crippen molar-refractivity contribution < 1.29 is 13.2 Å². The monoisotopic (exact) mass is 474 g/mol. The summed E-state index contributed by atoms with van der Waals surface area (Å²) in [6.45, 7) is 8.20. The molecule has 0 spiro atoms. The lowest BCUT2D eigenvalue weighted by Gasteiger charge is -2.12. The van der Waals surface area contributed by atoms with Crippen LogP contribution in [0.5, 0.6) is 0 Å². The number of nitrogens with zero attached hydrogens (tertiary/aromatic N) is 2. The van der Waals surface area contributed by atoms with Crippen LogP contribution in [0.2, 0.25) is 5.02 Å². The SMILES string of the molecule is Cc1nn(Cc2ccccc2)c(C)c1CNC(=O)c1cc(S(=O)(=O)NC(C)C)ccc1Cl. The van der Waals surface area contributed by atoms with E-state index in [4.69, 9.17) is 11.6 Å². The zero-order valence-electron chi connectivity index (χ0n) is 18.5. The van der Waals surface area contributed by atoms with E-state index in [0.29, 0.717) is 6.54 Å². The molecule has 9 heteroatoms. The molecule has 7 nitrogen and oxygen atoms in total. The molecule has 0 saturated carbocycles. The molecule has 3 rings (SSSR count). The van der Waals surface area contributed by atoms with E-state index in [2.05, 4.69) is 15.1 Å². The first-order chi connectivity index (χ1) is 15.1. The summed E-state index contributed by atoms with van der Waals surface area (Å²) in [5.41, 5.74) is 3.92. The first-order valence-electron chi connectivity index (χ1n) is 10.3. The first kappa shape index (κ1) is 24.0. The second kappa shape index (κ2) is 9.85. The van der Waals surface area contributed by atoms with Crippen LogP contribution < -0.4 is 10.0 Å². The molecule has 1 aromatic heterocycles. The molecule has 0 aliphatic heterocycles. The van der Waals surface area contributed by atoms with Gasteiger partial charge >= 0.3 is 0 Å². The minimum atomic E-state index is -3.74. The van der Waals surface area contributed by atoms with Crippen LogP contribution in [0.3, 0.4) is 0 Å². The number of rotatable bonds is 8. The van der Waals surface area contributed by atoms with E-state index in [0.717, 1.165) is 22.5 Å². The van der Waals surface area contributed by atoms with E-state index in [9.17, 15) is 13.2 Å². The van der Waals surface area contributed by atoms with Gasteiger partial charge in [0.1, 0.15) is 0 Å². The first-order valence-corrected chi connectivity index (χ1v) is 12.1. The van der Waals surface area contributed by atoms with Crippen LogP contribution >= 0.6 is 11.6 Å². The van der Waals surface area contributed by atoms with Crippen molar-refractivity contribution in [3.8, 4) is 0 Å². The average Bonchev–Trinajstić information content (AvgIpc) is 2.98. The van der Waals surface area contributed by atoms with Gasteiger partial charge in [0.15, 0.2) is 0 Å². The van der Waals surface area contributed by atoms with E-state index in [1.54, 1.807) is 13.8 Å². The lowest BCUT2D eigenvalue weighted by atomic mass is 10.1. The van der Waals surface area contributed by atoms with Crippen LogP contribution in [0.4, 0.5) is 0 Å². The Hall–Kier alpha value is -2.68. The smallest absolute Gasteiger partial charge is 0.253 e. The number of nitrogens with one attached hydrogen (secondary N) is 2.